The summed E-state index contributed by atoms with van der Waals surface area (Å²) >= 11 is 0. The van der Waals surface area contributed by atoms with Crippen LogP contribution in [0.2, 0.25) is 0 Å². The lowest BCUT2D eigenvalue weighted by Crippen LogP contribution is -2.64. The first-order chi connectivity index (χ1) is 12.2. The number of rotatable bonds is 6. The van der Waals surface area contributed by atoms with E-state index in [0.717, 1.165) is 51.4 Å². The summed E-state index contributed by atoms with van der Waals surface area (Å²) in [5, 5.41) is 12.6. The molecule has 9 heteroatoms. The molecule has 146 valence electrons. The van der Waals surface area contributed by atoms with E-state index in [-0.39, 0.29) is 29.6 Å². The van der Waals surface area contributed by atoms with E-state index in [1.807, 2.05) is 0 Å². The Hall–Kier alpha value is -1.21. The number of carbonyl (C=O) groups is 1. The molecule has 1 aliphatic heterocycles. The summed E-state index contributed by atoms with van der Waals surface area (Å²) in [4.78, 5) is 14.2. The molecular weight excluding hydrogens is 354 g/mol. The first kappa shape index (κ1) is 19.5. The van der Waals surface area contributed by atoms with Crippen LogP contribution in [0.5, 0.6) is 0 Å². The number of nitriles is 1. The molecule has 3 saturated carbocycles. The van der Waals surface area contributed by atoms with Crippen molar-refractivity contribution in [1.29, 1.82) is 5.26 Å². The van der Waals surface area contributed by atoms with Crippen LogP contribution in [0, 0.1) is 11.3 Å². The van der Waals surface area contributed by atoms with Gasteiger partial charge in [-0.2, -0.15) is 22.7 Å². The van der Waals surface area contributed by atoms with Crippen molar-refractivity contribution in [2.45, 2.75) is 68.5 Å². The van der Waals surface area contributed by atoms with E-state index in [4.69, 9.17) is 5.26 Å². The van der Waals surface area contributed by atoms with Gasteiger partial charge in [-0.15, -0.1) is 0 Å². The van der Waals surface area contributed by atoms with Gasteiger partial charge in [0.25, 0.3) is 10.2 Å². The molecule has 1 atom stereocenters. The van der Waals surface area contributed by atoms with Crippen LogP contribution in [0.3, 0.4) is 0 Å². The third kappa shape index (κ3) is 3.74. The lowest BCUT2D eigenvalue weighted by molar-refractivity contribution is -0.130. The van der Waals surface area contributed by atoms with Crippen molar-refractivity contribution in [2.75, 3.05) is 27.2 Å². The molecular formula is C17H29N5O3S. The minimum atomic E-state index is -3.44. The maximum atomic E-state index is 12.5. The molecule has 2 N–H and O–H groups in total. The van der Waals surface area contributed by atoms with Crippen LogP contribution in [-0.4, -0.2) is 67.8 Å². The fourth-order valence-corrected chi connectivity index (χ4v) is 5.57. The lowest BCUT2D eigenvalue weighted by atomic mass is 9.62. The molecule has 8 nitrogen and oxygen atoms in total. The van der Waals surface area contributed by atoms with Crippen LogP contribution in [0.15, 0.2) is 0 Å². The van der Waals surface area contributed by atoms with E-state index < -0.39 is 10.2 Å². The van der Waals surface area contributed by atoms with Crippen molar-refractivity contribution < 1.29 is 13.2 Å². The van der Waals surface area contributed by atoms with Gasteiger partial charge in [0.15, 0.2) is 0 Å². The minimum absolute atomic E-state index is 0.000791. The molecule has 1 amide bonds. The maximum Gasteiger partial charge on any atom is 0.279 e. The number of hydrogen-bond donors (Lipinski definition) is 2. The second kappa shape index (κ2) is 7.08. The molecule has 26 heavy (non-hydrogen) atoms. The van der Waals surface area contributed by atoms with E-state index in [1.165, 1.54) is 18.4 Å². The number of hydrogen-bond acceptors (Lipinski definition) is 5. The number of nitrogens with zero attached hydrogens (tertiary/aromatic N) is 3. The molecule has 1 heterocycles. The minimum Gasteiger partial charge on any atom is -0.326 e. The van der Waals surface area contributed by atoms with Gasteiger partial charge in [-0.3, -0.25) is 4.79 Å². The van der Waals surface area contributed by atoms with Gasteiger partial charge in [-0.25, -0.2) is 0 Å². The molecule has 2 bridgehead atoms. The third-order valence-electron chi connectivity index (χ3n) is 6.41. The van der Waals surface area contributed by atoms with Gasteiger partial charge < -0.3 is 10.2 Å². The molecule has 1 saturated heterocycles. The molecule has 1 unspecified atom stereocenters. The predicted molar refractivity (Wildman–Crippen MR) is 97.3 cm³/mol. The number of nitrogens with one attached hydrogen (secondary N) is 2. The van der Waals surface area contributed by atoms with Crippen molar-refractivity contribution in [3.05, 3.63) is 0 Å². The number of likely N-dealkylation sites (tertiary alicyclic amines) is 1. The summed E-state index contributed by atoms with van der Waals surface area (Å²) in [6, 6.07) is 1.92. The Morgan fingerprint density at radius 2 is 1.77 bits per heavy atom. The zero-order valence-corrected chi connectivity index (χ0v) is 16.4. The average Bonchev–Trinajstić information content (AvgIpc) is 3.09. The van der Waals surface area contributed by atoms with Crippen LogP contribution >= 0.6 is 0 Å². The Balaban J connectivity index is 1.55. The zero-order valence-electron chi connectivity index (χ0n) is 15.6. The van der Waals surface area contributed by atoms with Crippen LogP contribution in [0.4, 0.5) is 0 Å². The Kier molecular flexibility index (Phi) is 5.32. The average molecular weight is 384 g/mol. The van der Waals surface area contributed by atoms with Gasteiger partial charge in [0.1, 0.15) is 6.04 Å². The van der Waals surface area contributed by atoms with Crippen molar-refractivity contribution in [3.8, 4) is 6.07 Å². The Morgan fingerprint density at radius 1 is 1.19 bits per heavy atom. The van der Waals surface area contributed by atoms with Crippen LogP contribution in [0.1, 0.15) is 51.4 Å². The van der Waals surface area contributed by atoms with Crippen molar-refractivity contribution in [1.82, 2.24) is 19.2 Å². The first-order valence-electron chi connectivity index (χ1n) is 9.37. The molecule has 4 aliphatic rings. The topological polar surface area (TPSA) is 106 Å². The van der Waals surface area contributed by atoms with Crippen molar-refractivity contribution in [3.63, 3.8) is 0 Å². The SMILES string of the molecule is CN(C)S(=O)(=O)NC12CCC(NCC(=O)N3CCCC3C#N)(CC1)CC2. The largest absolute Gasteiger partial charge is 0.326 e. The summed E-state index contributed by atoms with van der Waals surface area (Å²) in [6.07, 6.45) is 6.59. The van der Waals surface area contributed by atoms with Gasteiger partial charge >= 0.3 is 0 Å². The van der Waals surface area contributed by atoms with Crippen LogP contribution in [0.25, 0.3) is 0 Å². The van der Waals surface area contributed by atoms with Gasteiger partial charge in [-0.1, -0.05) is 0 Å². The van der Waals surface area contributed by atoms with Gasteiger partial charge in [0, 0.05) is 31.7 Å². The molecule has 0 aromatic rings. The normalized spacial score (nSPS) is 34.2. The van der Waals surface area contributed by atoms with Crippen LogP contribution in [-0.2, 0) is 15.0 Å². The second-order valence-corrected chi connectivity index (χ2v) is 10.1. The van der Waals surface area contributed by atoms with Crippen LogP contribution < -0.4 is 10.0 Å². The van der Waals surface area contributed by atoms with Gasteiger partial charge in [-0.05, 0) is 51.4 Å². The summed E-state index contributed by atoms with van der Waals surface area (Å²) < 4.78 is 28.5. The number of amides is 1. The summed E-state index contributed by atoms with van der Waals surface area (Å²) in [7, 11) is -0.365. The Morgan fingerprint density at radius 3 is 2.31 bits per heavy atom. The van der Waals surface area contributed by atoms with E-state index in [9.17, 15) is 13.2 Å². The highest BCUT2D eigenvalue weighted by atomic mass is 32.2. The summed E-state index contributed by atoms with van der Waals surface area (Å²) in [5.74, 6) is -0.000791. The Labute approximate surface area is 156 Å². The predicted octanol–water partition coefficient (Wildman–Crippen LogP) is 0.332. The summed E-state index contributed by atoms with van der Waals surface area (Å²) in [6.45, 7) is 0.926. The number of carbonyl (C=O) groups excluding carboxylic acids is 1. The van der Waals surface area contributed by atoms with E-state index in [1.54, 1.807) is 4.90 Å². The fourth-order valence-electron chi connectivity index (χ4n) is 4.53. The highest BCUT2D eigenvalue weighted by Crippen LogP contribution is 2.47. The Bertz CT molecular complexity index is 675. The molecule has 3 aliphatic carbocycles. The standard InChI is InChI=1S/C17H29N5O3S/c1-21(2)26(24,25)20-17-8-5-16(6-9-17,7-10-17)19-13-15(23)22-11-3-4-14(22)12-18/h14,19-20H,3-11,13H2,1-2H3. The van der Waals surface area contributed by atoms with E-state index in [0.29, 0.717) is 6.54 Å². The van der Waals surface area contributed by atoms with E-state index >= 15 is 0 Å². The van der Waals surface area contributed by atoms with Crippen molar-refractivity contribution in [2.24, 2.45) is 0 Å². The first-order valence-corrected chi connectivity index (χ1v) is 10.8. The molecule has 0 radical (unpaired) electrons. The third-order valence-corrected chi connectivity index (χ3v) is 8.06. The quantitative estimate of drug-likeness (QED) is 0.688. The van der Waals surface area contributed by atoms with Gasteiger partial charge in [0.05, 0.1) is 12.6 Å². The maximum absolute atomic E-state index is 12.5. The lowest BCUT2D eigenvalue weighted by Gasteiger charge is -2.54. The second-order valence-electron chi connectivity index (χ2n) is 8.18. The number of fused-ring (bicyclic) bond motifs is 3. The smallest absolute Gasteiger partial charge is 0.279 e. The van der Waals surface area contributed by atoms with Crippen molar-refractivity contribution >= 4 is 16.1 Å². The monoisotopic (exact) mass is 383 g/mol. The molecule has 0 spiro atoms. The van der Waals surface area contributed by atoms with E-state index in [2.05, 4.69) is 16.1 Å². The molecule has 4 fully saturated rings. The highest BCUT2D eigenvalue weighted by molar-refractivity contribution is 7.87. The van der Waals surface area contributed by atoms with Gasteiger partial charge in [0.2, 0.25) is 5.91 Å². The summed E-state index contributed by atoms with van der Waals surface area (Å²) in [5.41, 5.74) is -0.430. The molecule has 4 rings (SSSR count). The zero-order chi connectivity index (χ0) is 19.0. The molecule has 0 aromatic heterocycles. The molecule has 0 aromatic carbocycles. The fraction of sp³-hybridized carbons (Fsp3) is 0.882. The highest BCUT2D eigenvalue weighted by Gasteiger charge is 2.50.